The van der Waals surface area contributed by atoms with Crippen LogP contribution in [0.3, 0.4) is 0 Å². The molecule has 0 atom stereocenters. The maximum Gasteiger partial charge on any atom is 0.240 e. The smallest absolute Gasteiger partial charge is 0.207 e. The standard InChI is InChI=1S/C19H14ClF2NO2S/c20-19-16(17(21)10-11-18(19)22)12-23-26(24,25)15-8-6-14(7-9-15)13-4-2-1-3-5-13/h1-11,23H,12H2. The predicted molar refractivity (Wildman–Crippen MR) is 97.3 cm³/mol. The fraction of sp³-hybridized carbons (Fsp3) is 0.0526. The van der Waals surface area contributed by atoms with Gasteiger partial charge in [0.15, 0.2) is 0 Å². The molecule has 134 valence electrons. The van der Waals surface area contributed by atoms with E-state index < -0.39 is 33.2 Å². The van der Waals surface area contributed by atoms with Crippen LogP contribution in [-0.2, 0) is 16.6 Å². The van der Waals surface area contributed by atoms with Crippen molar-refractivity contribution in [1.82, 2.24) is 4.72 Å². The Hall–Kier alpha value is -2.28. The summed E-state index contributed by atoms with van der Waals surface area (Å²) in [5, 5.41) is -0.438. The third kappa shape index (κ3) is 3.93. The lowest BCUT2D eigenvalue weighted by Crippen LogP contribution is -2.24. The average molecular weight is 394 g/mol. The van der Waals surface area contributed by atoms with Gasteiger partial charge in [0.25, 0.3) is 0 Å². The maximum atomic E-state index is 13.8. The van der Waals surface area contributed by atoms with Gasteiger partial charge >= 0.3 is 0 Å². The lowest BCUT2D eigenvalue weighted by atomic mass is 10.1. The molecule has 0 unspecified atom stereocenters. The molecule has 3 rings (SSSR count). The molecule has 3 nitrogen and oxygen atoms in total. The van der Waals surface area contributed by atoms with Crippen LogP contribution in [0, 0.1) is 11.6 Å². The molecule has 0 aromatic heterocycles. The van der Waals surface area contributed by atoms with Crippen LogP contribution in [0.4, 0.5) is 8.78 Å². The third-order valence-corrected chi connectivity index (χ3v) is 5.68. The monoisotopic (exact) mass is 393 g/mol. The van der Waals surface area contributed by atoms with E-state index in [4.69, 9.17) is 11.6 Å². The second-order valence-electron chi connectivity index (χ2n) is 5.54. The first-order chi connectivity index (χ1) is 12.4. The van der Waals surface area contributed by atoms with Gasteiger partial charge in [0.2, 0.25) is 10.0 Å². The van der Waals surface area contributed by atoms with Crippen molar-refractivity contribution >= 4 is 21.6 Å². The van der Waals surface area contributed by atoms with Crippen molar-refractivity contribution in [2.45, 2.75) is 11.4 Å². The highest BCUT2D eigenvalue weighted by Crippen LogP contribution is 2.24. The highest BCUT2D eigenvalue weighted by Gasteiger charge is 2.18. The molecule has 1 N–H and O–H groups in total. The summed E-state index contributed by atoms with van der Waals surface area (Å²) in [6, 6.07) is 17.5. The van der Waals surface area contributed by atoms with Crippen molar-refractivity contribution in [2.24, 2.45) is 0 Å². The van der Waals surface area contributed by atoms with E-state index in [0.717, 1.165) is 23.3 Å². The molecule has 0 amide bonds. The molecule has 0 aliphatic carbocycles. The van der Waals surface area contributed by atoms with Crippen LogP contribution in [0.1, 0.15) is 5.56 Å². The first-order valence-corrected chi connectivity index (χ1v) is 9.52. The molecule has 0 heterocycles. The van der Waals surface area contributed by atoms with Gasteiger partial charge in [0, 0.05) is 12.1 Å². The van der Waals surface area contributed by atoms with Gasteiger partial charge < -0.3 is 0 Å². The van der Waals surface area contributed by atoms with E-state index in [1.54, 1.807) is 12.1 Å². The van der Waals surface area contributed by atoms with E-state index in [9.17, 15) is 17.2 Å². The molecular formula is C19H14ClF2NO2S. The Morgan fingerprint density at radius 2 is 1.38 bits per heavy atom. The molecule has 0 saturated carbocycles. The van der Waals surface area contributed by atoms with Gasteiger partial charge in [-0.2, -0.15) is 0 Å². The van der Waals surface area contributed by atoms with Gasteiger partial charge in [-0.05, 0) is 35.4 Å². The average Bonchev–Trinajstić information content (AvgIpc) is 2.66. The summed E-state index contributed by atoms with van der Waals surface area (Å²) in [4.78, 5) is 0.0186. The first kappa shape index (κ1) is 18.5. The van der Waals surface area contributed by atoms with Crippen LogP contribution < -0.4 is 4.72 Å². The van der Waals surface area contributed by atoms with Crippen LogP contribution in [0.25, 0.3) is 11.1 Å². The maximum absolute atomic E-state index is 13.8. The van der Waals surface area contributed by atoms with Gasteiger partial charge in [0.05, 0.1) is 9.92 Å². The molecule has 3 aromatic carbocycles. The van der Waals surface area contributed by atoms with E-state index in [2.05, 4.69) is 4.72 Å². The first-order valence-electron chi connectivity index (χ1n) is 7.66. The summed E-state index contributed by atoms with van der Waals surface area (Å²) in [5.74, 6) is -1.59. The number of hydrogen-bond donors (Lipinski definition) is 1. The number of nitrogens with one attached hydrogen (secondary N) is 1. The molecule has 0 saturated heterocycles. The Morgan fingerprint density at radius 3 is 2.04 bits per heavy atom. The second kappa shape index (κ2) is 7.53. The predicted octanol–water partition coefficient (Wildman–Crippen LogP) is 4.76. The lowest BCUT2D eigenvalue weighted by molar-refractivity contribution is 0.567. The van der Waals surface area contributed by atoms with Crippen LogP contribution in [-0.4, -0.2) is 8.42 Å². The van der Waals surface area contributed by atoms with Crippen molar-refractivity contribution in [2.75, 3.05) is 0 Å². The van der Waals surface area contributed by atoms with Gasteiger partial charge in [-0.3, -0.25) is 0 Å². The number of halogens is 3. The van der Waals surface area contributed by atoms with Gasteiger partial charge in [-0.15, -0.1) is 0 Å². The SMILES string of the molecule is O=S(=O)(NCc1c(F)ccc(F)c1Cl)c1ccc(-c2ccccc2)cc1. The summed E-state index contributed by atoms with van der Waals surface area (Å²) in [6.07, 6.45) is 0. The number of rotatable bonds is 5. The number of sulfonamides is 1. The van der Waals surface area contributed by atoms with Crippen molar-refractivity contribution in [3.05, 3.63) is 89.0 Å². The van der Waals surface area contributed by atoms with Crippen molar-refractivity contribution in [3.63, 3.8) is 0 Å². The Balaban J connectivity index is 1.80. The van der Waals surface area contributed by atoms with Crippen LogP contribution in [0.5, 0.6) is 0 Å². The van der Waals surface area contributed by atoms with Gasteiger partial charge in [-0.1, -0.05) is 54.1 Å². The molecule has 0 radical (unpaired) electrons. The van der Waals surface area contributed by atoms with Crippen LogP contribution in [0.15, 0.2) is 71.6 Å². The summed E-state index contributed by atoms with van der Waals surface area (Å²) >= 11 is 5.71. The molecule has 0 spiro atoms. The highest BCUT2D eigenvalue weighted by molar-refractivity contribution is 7.89. The van der Waals surface area contributed by atoms with Gasteiger partial charge in [-0.25, -0.2) is 21.9 Å². The van der Waals surface area contributed by atoms with E-state index >= 15 is 0 Å². The molecule has 0 aliphatic rings. The highest BCUT2D eigenvalue weighted by atomic mass is 35.5. The molecule has 7 heteroatoms. The lowest BCUT2D eigenvalue weighted by Gasteiger charge is -2.10. The molecule has 0 aliphatic heterocycles. The summed E-state index contributed by atoms with van der Waals surface area (Å²) in [6.45, 7) is -0.453. The van der Waals surface area contributed by atoms with Gasteiger partial charge in [0.1, 0.15) is 11.6 Å². The fourth-order valence-electron chi connectivity index (χ4n) is 2.44. The molecular weight excluding hydrogens is 380 g/mol. The summed E-state index contributed by atoms with van der Waals surface area (Å²) in [7, 11) is -3.90. The fourth-order valence-corrected chi connectivity index (χ4v) is 3.65. The van der Waals surface area contributed by atoms with E-state index in [1.807, 2.05) is 30.3 Å². The summed E-state index contributed by atoms with van der Waals surface area (Å²) in [5.41, 5.74) is 1.58. The number of hydrogen-bond acceptors (Lipinski definition) is 2. The normalized spacial score (nSPS) is 11.5. The Kier molecular flexibility index (Phi) is 5.36. The molecule has 0 bridgehead atoms. The van der Waals surface area contributed by atoms with E-state index in [-0.39, 0.29) is 10.5 Å². The number of benzene rings is 3. The zero-order valence-corrected chi connectivity index (χ0v) is 15.0. The van der Waals surface area contributed by atoms with Crippen LogP contribution in [0.2, 0.25) is 5.02 Å². The molecule has 0 fully saturated rings. The van der Waals surface area contributed by atoms with Crippen LogP contribution >= 0.6 is 11.6 Å². The minimum atomic E-state index is -3.90. The Bertz CT molecular complexity index is 1020. The van der Waals surface area contributed by atoms with Crippen molar-refractivity contribution < 1.29 is 17.2 Å². The minimum Gasteiger partial charge on any atom is -0.207 e. The zero-order valence-electron chi connectivity index (χ0n) is 13.4. The topological polar surface area (TPSA) is 46.2 Å². The van der Waals surface area contributed by atoms with E-state index in [1.165, 1.54) is 12.1 Å². The summed E-state index contributed by atoms with van der Waals surface area (Å²) < 4.78 is 54.2. The third-order valence-electron chi connectivity index (χ3n) is 3.85. The Morgan fingerprint density at radius 1 is 0.808 bits per heavy atom. The minimum absolute atomic E-state index is 0.0186. The molecule has 3 aromatic rings. The van der Waals surface area contributed by atoms with E-state index in [0.29, 0.717) is 0 Å². The molecule has 26 heavy (non-hydrogen) atoms. The quantitative estimate of drug-likeness (QED) is 0.635. The second-order valence-corrected chi connectivity index (χ2v) is 7.68. The van der Waals surface area contributed by atoms with Crippen molar-refractivity contribution in [1.29, 1.82) is 0 Å². The largest absolute Gasteiger partial charge is 0.240 e. The zero-order chi connectivity index (χ0) is 18.7. The van der Waals surface area contributed by atoms with Crippen molar-refractivity contribution in [3.8, 4) is 11.1 Å². The Labute approximate surface area is 155 Å².